The highest BCUT2D eigenvalue weighted by molar-refractivity contribution is 5.95. The van der Waals surface area contributed by atoms with E-state index in [1.807, 2.05) is 42.6 Å². The molecule has 162 valence electrons. The standard InChI is InChI=1S/C23H27N5O3/c1-17(2)11-27-12-19(31-16-18-7-3-5-9-24-18)13-28(15-22(27)29)23(30)20-14-26-10-6-4-8-21(26)25-20/h3-10,14,17,19H,11-13,15-16H2,1-2H3/t19-/m0/s1. The van der Waals surface area contributed by atoms with Gasteiger partial charge in [0.2, 0.25) is 5.91 Å². The van der Waals surface area contributed by atoms with Gasteiger partial charge in [0.15, 0.2) is 0 Å². The molecule has 31 heavy (non-hydrogen) atoms. The number of pyridine rings is 2. The van der Waals surface area contributed by atoms with E-state index in [2.05, 4.69) is 23.8 Å². The summed E-state index contributed by atoms with van der Waals surface area (Å²) < 4.78 is 7.91. The lowest BCUT2D eigenvalue weighted by Gasteiger charge is -2.25. The number of aromatic nitrogens is 3. The van der Waals surface area contributed by atoms with Gasteiger partial charge in [-0.05, 0) is 30.2 Å². The molecule has 1 fully saturated rings. The maximum absolute atomic E-state index is 13.2. The molecular weight excluding hydrogens is 394 g/mol. The van der Waals surface area contributed by atoms with Gasteiger partial charge in [0.1, 0.15) is 17.9 Å². The summed E-state index contributed by atoms with van der Waals surface area (Å²) in [7, 11) is 0. The van der Waals surface area contributed by atoms with Crippen LogP contribution in [0.2, 0.25) is 0 Å². The van der Waals surface area contributed by atoms with E-state index in [1.54, 1.807) is 26.6 Å². The number of carbonyl (C=O) groups is 2. The molecule has 1 saturated heterocycles. The predicted octanol–water partition coefficient (Wildman–Crippen LogP) is 2.26. The van der Waals surface area contributed by atoms with E-state index in [0.29, 0.717) is 43.5 Å². The lowest BCUT2D eigenvalue weighted by Crippen LogP contribution is -2.40. The average molecular weight is 422 g/mol. The average Bonchev–Trinajstić information content (AvgIpc) is 3.13. The van der Waals surface area contributed by atoms with Gasteiger partial charge >= 0.3 is 0 Å². The Morgan fingerprint density at radius 3 is 2.77 bits per heavy atom. The van der Waals surface area contributed by atoms with Crippen LogP contribution < -0.4 is 0 Å². The smallest absolute Gasteiger partial charge is 0.274 e. The van der Waals surface area contributed by atoms with Gasteiger partial charge in [-0.25, -0.2) is 4.98 Å². The second-order valence-electron chi connectivity index (χ2n) is 8.22. The van der Waals surface area contributed by atoms with Gasteiger partial charge in [0.05, 0.1) is 18.4 Å². The van der Waals surface area contributed by atoms with Crippen LogP contribution >= 0.6 is 0 Å². The summed E-state index contributed by atoms with van der Waals surface area (Å²) in [5.41, 5.74) is 1.82. The molecule has 0 N–H and O–H groups in total. The van der Waals surface area contributed by atoms with Crippen molar-refractivity contribution in [3.63, 3.8) is 0 Å². The van der Waals surface area contributed by atoms with Gasteiger partial charge in [0, 0.05) is 38.2 Å². The lowest BCUT2D eigenvalue weighted by molar-refractivity contribution is -0.132. The third kappa shape index (κ3) is 5.08. The van der Waals surface area contributed by atoms with Crippen molar-refractivity contribution in [3.8, 4) is 0 Å². The minimum absolute atomic E-state index is 0.0167. The van der Waals surface area contributed by atoms with Crippen molar-refractivity contribution >= 4 is 17.5 Å². The third-order valence-electron chi connectivity index (χ3n) is 5.18. The molecule has 0 spiro atoms. The predicted molar refractivity (Wildman–Crippen MR) is 115 cm³/mol. The number of hydrogen-bond donors (Lipinski definition) is 0. The molecule has 0 aromatic carbocycles. The van der Waals surface area contributed by atoms with Crippen LogP contribution in [-0.4, -0.2) is 68.3 Å². The van der Waals surface area contributed by atoms with Crippen LogP contribution in [0.1, 0.15) is 30.0 Å². The molecule has 1 aliphatic rings. The van der Waals surface area contributed by atoms with Crippen molar-refractivity contribution < 1.29 is 14.3 Å². The Balaban J connectivity index is 1.54. The summed E-state index contributed by atoms with van der Waals surface area (Å²) >= 11 is 0. The molecular formula is C23H27N5O3. The lowest BCUT2D eigenvalue weighted by atomic mass is 10.2. The summed E-state index contributed by atoms with van der Waals surface area (Å²) in [6, 6.07) is 11.3. The van der Waals surface area contributed by atoms with Gasteiger partial charge < -0.3 is 18.9 Å². The van der Waals surface area contributed by atoms with Gasteiger partial charge in [-0.15, -0.1) is 0 Å². The summed E-state index contributed by atoms with van der Waals surface area (Å²) in [6.07, 6.45) is 4.95. The highest BCUT2D eigenvalue weighted by atomic mass is 16.5. The number of fused-ring (bicyclic) bond motifs is 1. The number of ether oxygens (including phenoxy) is 1. The summed E-state index contributed by atoms with van der Waals surface area (Å²) in [5.74, 6) is -0.0225. The number of imidazole rings is 1. The molecule has 0 saturated carbocycles. The van der Waals surface area contributed by atoms with Crippen molar-refractivity contribution in [2.45, 2.75) is 26.6 Å². The van der Waals surface area contributed by atoms with Crippen LogP contribution in [0.5, 0.6) is 0 Å². The Kier molecular flexibility index (Phi) is 6.27. The quantitative estimate of drug-likeness (QED) is 0.610. The fraction of sp³-hybridized carbons (Fsp3) is 0.391. The third-order valence-corrected chi connectivity index (χ3v) is 5.18. The topological polar surface area (TPSA) is 80.0 Å². The SMILES string of the molecule is CC(C)CN1C[C@H](OCc2ccccn2)CN(C(=O)c2cn3ccccc3n2)CC1=O. The zero-order valence-electron chi connectivity index (χ0n) is 17.8. The molecule has 4 rings (SSSR count). The zero-order chi connectivity index (χ0) is 21.8. The van der Waals surface area contributed by atoms with E-state index in [4.69, 9.17) is 4.74 Å². The maximum Gasteiger partial charge on any atom is 0.274 e. The summed E-state index contributed by atoms with van der Waals surface area (Å²) in [5, 5.41) is 0. The minimum atomic E-state index is -0.312. The number of rotatable bonds is 6. The second-order valence-corrected chi connectivity index (χ2v) is 8.22. The summed E-state index contributed by atoms with van der Waals surface area (Å²) in [6.45, 7) is 5.87. The van der Waals surface area contributed by atoms with Gasteiger partial charge in [-0.2, -0.15) is 0 Å². The summed E-state index contributed by atoms with van der Waals surface area (Å²) in [4.78, 5) is 38.2. The maximum atomic E-state index is 13.2. The first-order valence-corrected chi connectivity index (χ1v) is 10.5. The normalized spacial score (nSPS) is 17.4. The van der Waals surface area contributed by atoms with Crippen LogP contribution in [0.4, 0.5) is 0 Å². The molecule has 1 atom stereocenters. The van der Waals surface area contributed by atoms with E-state index in [1.165, 1.54) is 0 Å². The van der Waals surface area contributed by atoms with Crippen LogP contribution in [0.3, 0.4) is 0 Å². The van der Waals surface area contributed by atoms with E-state index in [9.17, 15) is 9.59 Å². The molecule has 0 bridgehead atoms. The number of nitrogens with zero attached hydrogens (tertiary/aromatic N) is 5. The highest BCUT2D eigenvalue weighted by Gasteiger charge is 2.32. The molecule has 3 aromatic heterocycles. The number of carbonyl (C=O) groups excluding carboxylic acids is 2. The van der Waals surface area contributed by atoms with Crippen LogP contribution in [0.25, 0.3) is 5.65 Å². The van der Waals surface area contributed by atoms with Gasteiger partial charge in [-0.1, -0.05) is 26.0 Å². The zero-order valence-corrected chi connectivity index (χ0v) is 17.8. The minimum Gasteiger partial charge on any atom is -0.368 e. The highest BCUT2D eigenvalue weighted by Crippen LogP contribution is 2.15. The largest absolute Gasteiger partial charge is 0.368 e. The van der Waals surface area contributed by atoms with Crippen molar-refractivity contribution in [2.24, 2.45) is 5.92 Å². The molecule has 4 heterocycles. The fourth-order valence-corrected chi connectivity index (χ4v) is 3.74. The first-order chi connectivity index (χ1) is 15.0. The van der Waals surface area contributed by atoms with Gasteiger partial charge in [-0.3, -0.25) is 14.6 Å². The van der Waals surface area contributed by atoms with Crippen molar-refractivity contribution in [2.75, 3.05) is 26.2 Å². The Morgan fingerprint density at radius 1 is 1.19 bits per heavy atom. The first-order valence-electron chi connectivity index (χ1n) is 10.5. The fourth-order valence-electron chi connectivity index (χ4n) is 3.74. The van der Waals surface area contributed by atoms with E-state index < -0.39 is 0 Å². The Bertz CT molecular complexity index is 1020. The molecule has 8 nitrogen and oxygen atoms in total. The van der Waals surface area contributed by atoms with Crippen LogP contribution in [-0.2, 0) is 16.1 Å². The van der Waals surface area contributed by atoms with Crippen molar-refractivity contribution in [1.82, 2.24) is 24.2 Å². The molecule has 3 aromatic rings. The molecule has 1 aliphatic heterocycles. The van der Waals surface area contributed by atoms with E-state index in [0.717, 1.165) is 5.69 Å². The molecule has 0 aliphatic carbocycles. The Labute approximate surface area is 181 Å². The Hall–Kier alpha value is -3.26. The molecule has 0 unspecified atom stereocenters. The number of amides is 2. The van der Waals surface area contributed by atoms with Gasteiger partial charge in [0.25, 0.3) is 5.91 Å². The Morgan fingerprint density at radius 2 is 2.03 bits per heavy atom. The molecule has 2 amide bonds. The van der Waals surface area contributed by atoms with E-state index in [-0.39, 0.29) is 24.5 Å². The molecule has 0 radical (unpaired) electrons. The van der Waals surface area contributed by atoms with Crippen molar-refractivity contribution in [1.29, 1.82) is 0 Å². The first kappa shape index (κ1) is 21.0. The molecule has 8 heteroatoms. The van der Waals surface area contributed by atoms with Crippen LogP contribution in [0.15, 0.2) is 55.0 Å². The van der Waals surface area contributed by atoms with E-state index >= 15 is 0 Å². The van der Waals surface area contributed by atoms with Crippen LogP contribution in [0, 0.1) is 5.92 Å². The monoisotopic (exact) mass is 421 g/mol. The number of hydrogen-bond acceptors (Lipinski definition) is 5. The van der Waals surface area contributed by atoms with Crippen molar-refractivity contribution in [3.05, 3.63) is 66.4 Å². The second kappa shape index (κ2) is 9.26.